The van der Waals surface area contributed by atoms with Crippen molar-refractivity contribution in [3.05, 3.63) is 16.1 Å². The molecule has 112 valence electrons. The van der Waals surface area contributed by atoms with Gasteiger partial charge in [-0.2, -0.15) is 5.10 Å². The predicted octanol–water partition coefficient (Wildman–Crippen LogP) is 2.90. The molecule has 1 saturated carbocycles. The molecule has 1 amide bonds. The summed E-state index contributed by atoms with van der Waals surface area (Å²) in [5, 5.41) is 9.21. The Morgan fingerprint density at radius 3 is 2.71 bits per heavy atom. The molecule has 0 unspecified atom stereocenters. The van der Waals surface area contributed by atoms with Crippen LogP contribution >= 0.6 is 11.3 Å². The molecule has 1 aliphatic carbocycles. The average molecular weight is 304 g/mol. The molecule has 5 nitrogen and oxygen atoms in total. The number of aryl methyl sites for hydroxylation is 2. The fraction of sp³-hybridized carbons (Fsp3) is 0.533. The minimum Gasteiger partial charge on any atom is -0.397 e. The van der Waals surface area contributed by atoms with Crippen molar-refractivity contribution < 1.29 is 4.79 Å². The Kier molecular flexibility index (Phi) is 3.57. The molecule has 21 heavy (non-hydrogen) atoms. The summed E-state index contributed by atoms with van der Waals surface area (Å²) in [6, 6.07) is 0.399. The van der Waals surface area contributed by atoms with Crippen LogP contribution < -0.4 is 5.73 Å². The summed E-state index contributed by atoms with van der Waals surface area (Å²) >= 11 is 1.36. The number of hydrogen-bond donors (Lipinski definition) is 1. The number of carbonyl (C=O) groups excluding carboxylic acids is 1. The van der Waals surface area contributed by atoms with Crippen LogP contribution in [0, 0.1) is 13.8 Å². The van der Waals surface area contributed by atoms with Crippen LogP contribution in [0.4, 0.5) is 5.69 Å². The smallest absolute Gasteiger partial charge is 0.266 e. The molecule has 2 heterocycles. The van der Waals surface area contributed by atoms with Crippen LogP contribution in [-0.2, 0) is 0 Å². The van der Waals surface area contributed by atoms with E-state index in [2.05, 4.69) is 17.1 Å². The van der Waals surface area contributed by atoms with E-state index in [1.54, 1.807) is 0 Å². The van der Waals surface area contributed by atoms with E-state index in [-0.39, 0.29) is 5.91 Å². The highest BCUT2D eigenvalue weighted by molar-refractivity contribution is 7.21. The Morgan fingerprint density at radius 2 is 2.10 bits per heavy atom. The van der Waals surface area contributed by atoms with Gasteiger partial charge in [-0.1, -0.05) is 6.92 Å². The third-order valence-corrected chi connectivity index (χ3v) is 5.12. The van der Waals surface area contributed by atoms with Crippen LogP contribution in [0.3, 0.4) is 0 Å². The van der Waals surface area contributed by atoms with Crippen molar-refractivity contribution in [2.75, 3.05) is 12.3 Å². The third-order valence-electron chi connectivity index (χ3n) is 4.04. The second-order valence-electron chi connectivity index (χ2n) is 5.67. The number of hydrogen-bond acceptors (Lipinski definition) is 5. The number of thiophene rings is 1. The van der Waals surface area contributed by atoms with E-state index in [1.165, 1.54) is 11.3 Å². The summed E-state index contributed by atoms with van der Waals surface area (Å²) in [5.41, 5.74) is 8.70. The Labute approximate surface area is 128 Å². The lowest BCUT2D eigenvalue weighted by atomic mass is 10.1. The number of carbonyl (C=O) groups is 1. The highest BCUT2D eigenvalue weighted by Gasteiger charge is 2.34. The first-order valence-corrected chi connectivity index (χ1v) is 8.19. The molecule has 2 N–H and O–H groups in total. The lowest BCUT2D eigenvalue weighted by Crippen LogP contribution is -2.33. The van der Waals surface area contributed by atoms with Gasteiger partial charge in [-0.3, -0.25) is 4.79 Å². The zero-order valence-corrected chi connectivity index (χ0v) is 13.5. The molecule has 1 aliphatic rings. The number of anilines is 1. The first-order valence-electron chi connectivity index (χ1n) is 7.37. The highest BCUT2D eigenvalue weighted by atomic mass is 32.1. The number of nitrogens with two attached hydrogens (primary N) is 1. The second kappa shape index (κ2) is 5.26. The summed E-state index contributed by atoms with van der Waals surface area (Å²) in [7, 11) is 0. The Balaban J connectivity index is 2.05. The second-order valence-corrected chi connectivity index (χ2v) is 6.66. The highest BCUT2D eigenvalue weighted by Crippen LogP contribution is 2.37. The zero-order chi connectivity index (χ0) is 15.1. The van der Waals surface area contributed by atoms with Gasteiger partial charge in [-0.15, -0.1) is 16.4 Å². The van der Waals surface area contributed by atoms with Gasteiger partial charge < -0.3 is 10.6 Å². The maximum Gasteiger partial charge on any atom is 0.266 e. The molecule has 0 saturated heterocycles. The molecule has 3 rings (SSSR count). The fourth-order valence-electron chi connectivity index (χ4n) is 2.61. The van der Waals surface area contributed by atoms with Crippen molar-refractivity contribution in [2.24, 2.45) is 0 Å². The van der Waals surface area contributed by atoms with Crippen LogP contribution in [0.15, 0.2) is 0 Å². The van der Waals surface area contributed by atoms with Gasteiger partial charge >= 0.3 is 0 Å². The van der Waals surface area contributed by atoms with Crippen LogP contribution in [0.5, 0.6) is 0 Å². The van der Waals surface area contributed by atoms with Gasteiger partial charge in [-0.25, -0.2) is 0 Å². The maximum absolute atomic E-state index is 12.8. The molecule has 0 radical (unpaired) electrons. The minimum absolute atomic E-state index is 0.0527. The maximum atomic E-state index is 12.8. The minimum atomic E-state index is 0.0527. The summed E-state index contributed by atoms with van der Waals surface area (Å²) in [6.45, 7) is 6.78. The van der Waals surface area contributed by atoms with Crippen LogP contribution in [0.1, 0.15) is 47.1 Å². The van der Waals surface area contributed by atoms with Gasteiger partial charge in [0.05, 0.1) is 11.4 Å². The van der Waals surface area contributed by atoms with Crippen LogP contribution in [-0.4, -0.2) is 33.6 Å². The third kappa shape index (κ3) is 2.37. The topological polar surface area (TPSA) is 72.1 Å². The van der Waals surface area contributed by atoms with Crippen LogP contribution in [0.2, 0.25) is 0 Å². The van der Waals surface area contributed by atoms with Crippen molar-refractivity contribution in [3.63, 3.8) is 0 Å². The number of amides is 1. The van der Waals surface area contributed by atoms with Crippen molar-refractivity contribution in [1.82, 2.24) is 15.1 Å². The van der Waals surface area contributed by atoms with Gasteiger partial charge in [0, 0.05) is 18.0 Å². The summed E-state index contributed by atoms with van der Waals surface area (Å²) < 4.78 is 0. The lowest BCUT2D eigenvalue weighted by Gasteiger charge is -2.21. The molecule has 1 fully saturated rings. The van der Waals surface area contributed by atoms with E-state index in [9.17, 15) is 4.79 Å². The fourth-order valence-corrected chi connectivity index (χ4v) is 3.66. The number of nitrogen functional groups attached to an aromatic ring is 1. The molecule has 0 aliphatic heterocycles. The Bertz CT molecular complexity index is 705. The van der Waals surface area contributed by atoms with Crippen LogP contribution in [0.25, 0.3) is 10.2 Å². The molecule has 0 spiro atoms. The molecule has 0 aromatic carbocycles. The molecule has 2 aromatic heterocycles. The average Bonchev–Trinajstić information content (AvgIpc) is 3.24. The summed E-state index contributed by atoms with van der Waals surface area (Å²) in [4.78, 5) is 16.2. The van der Waals surface area contributed by atoms with Gasteiger partial charge in [0.25, 0.3) is 5.91 Å². The summed E-state index contributed by atoms with van der Waals surface area (Å²) in [6.07, 6.45) is 3.17. The number of aromatic nitrogens is 2. The SMILES string of the molecule is CCCN(C(=O)c1sc2nnc(C)c(C)c2c1N)C1CC1. The van der Waals surface area contributed by atoms with Crippen molar-refractivity contribution in [2.45, 2.75) is 46.1 Å². The molecule has 2 aromatic rings. The zero-order valence-electron chi connectivity index (χ0n) is 12.6. The summed E-state index contributed by atoms with van der Waals surface area (Å²) in [5.74, 6) is 0.0527. The number of fused-ring (bicyclic) bond motifs is 1. The van der Waals surface area contributed by atoms with E-state index in [0.29, 0.717) is 16.6 Å². The van der Waals surface area contributed by atoms with E-state index in [1.807, 2.05) is 18.7 Å². The van der Waals surface area contributed by atoms with E-state index in [4.69, 9.17) is 5.73 Å². The Morgan fingerprint density at radius 1 is 1.38 bits per heavy atom. The van der Waals surface area contributed by atoms with E-state index >= 15 is 0 Å². The van der Waals surface area contributed by atoms with Gasteiger partial charge in [-0.05, 0) is 38.7 Å². The molecule has 0 atom stereocenters. The van der Waals surface area contributed by atoms with E-state index in [0.717, 1.165) is 47.3 Å². The first-order chi connectivity index (χ1) is 10.0. The largest absolute Gasteiger partial charge is 0.397 e. The first kappa shape index (κ1) is 14.3. The predicted molar refractivity (Wildman–Crippen MR) is 85.7 cm³/mol. The van der Waals surface area contributed by atoms with Crippen molar-refractivity contribution in [1.29, 1.82) is 0 Å². The standard InChI is InChI=1S/C15H20N4OS/c1-4-7-19(10-5-6-10)15(20)13-12(16)11-8(2)9(3)17-18-14(11)21-13/h10H,4-7,16H2,1-3H3. The molecule has 0 bridgehead atoms. The van der Waals surface area contributed by atoms with Gasteiger partial charge in [0.15, 0.2) is 0 Å². The Hall–Kier alpha value is -1.69. The monoisotopic (exact) mass is 304 g/mol. The quantitative estimate of drug-likeness (QED) is 0.942. The van der Waals surface area contributed by atoms with Crippen molar-refractivity contribution in [3.8, 4) is 0 Å². The molecule has 6 heteroatoms. The molecular weight excluding hydrogens is 284 g/mol. The number of nitrogens with zero attached hydrogens (tertiary/aromatic N) is 3. The lowest BCUT2D eigenvalue weighted by molar-refractivity contribution is 0.0749. The number of rotatable bonds is 4. The van der Waals surface area contributed by atoms with Gasteiger partial charge in [0.1, 0.15) is 9.71 Å². The normalized spacial score (nSPS) is 14.6. The van der Waals surface area contributed by atoms with E-state index < -0.39 is 0 Å². The van der Waals surface area contributed by atoms with Gasteiger partial charge in [0.2, 0.25) is 0 Å². The van der Waals surface area contributed by atoms with Crippen molar-refractivity contribution >= 4 is 33.1 Å². The molecular formula is C15H20N4OS.